The summed E-state index contributed by atoms with van der Waals surface area (Å²) in [7, 11) is 1.56. The van der Waals surface area contributed by atoms with E-state index in [-0.39, 0.29) is 12.5 Å². The van der Waals surface area contributed by atoms with Gasteiger partial charge >= 0.3 is 0 Å². The fraction of sp³-hybridized carbons (Fsp3) is 0.400. The number of amides is 1. The van der Waals surface area contributed by atoms with Gasteiger partial charge in [-0.05, 0) is 65.8 Å². The van der Waals surface area contributed by atoms with Crippen molar-refractivity contribution < 1.29 is 9.53 Å². The summed E-state index contributed by atoms with van der Waals surface area (Å²) >= 11 is 0. The number of rotatable bonds is 5. The Morgan fingerprint density at radius 2 is 2.25 bits per heavy atom. The molecule has 0 aliphatic carbocycles. The first-order chi connectivity index (χ1) is 15.7. The Morgan fingerprint density at radius 1 is 1.34 bits per heavy atom. The van der Waals surface area contributed by atoms with Gasteiger partial charge in [0, 0.05) is 49.6 Å². The monoisotopic (exact) mass is 429 g/mol. The number of methoxy groups -OCH3 is 1. The van der Waals surface area contributed by atoms with E-state index in [1.54, 1.807) is 7.11 Å². The number of nitrogens with zero attached hydrogens (tertiary/aromatic N) is 3. The number of nitrogens with one attached hydrogen (secondary N) is 2. The van der Waals surface area contributed by atoms with E-state index in [9.17, 15) is 4.79 Å². The molecule has 4 heterocycles. The maximum absolute atomic E-state index is 12.5. The van der Waals surface area contributed by atoms with E-state index < -0.39 is 0 Å². The third-order valence-electron chi connectivity index (χ3n) is 6.65. The number of hydrogen-bond acceptors (Lipinski definition) is 5. The van der Waals surface area contributed by atoms with Crippen LogP contribution in [0.15, 0.2) is 30.6 Å². The number of fused-ring (bicyclic) bond motifs is 2. The van der Waals surface area contributed by atoms with Gasteiger partial charge in [-0.15, -0.1) is 0 Å². The molecule has 7 nitrogen and oxygen atoms in total. The number of ether oxygens (including phenoxy) is 1. The molecule has 0 spiro atoms. The molecule has 1 saturated heterocycles. The minimum atomic E-state index is 0.0414. The summed E-state index contributed by atoms with van der Waals surface area (Å²) in [4.78, 5) is 22.1. The first-order valence-corrected chi connectivity index (χ1v) is 11.2. The Balaban J connectivity index is 1.57. The minimum absolute atomic E-state index is 0.0414. The first-order valence-electron chi connectivity index (χ1n) is 11.2. The molecule has 2 aliphatic rings. The molecule has 5 rings (SSSR count). The van der Waals surface area contributed by atoms with Crippen LogP contribution in [0.1, 0.15) is 41.1 Å². The third kappa shape index (κ3) is 3.77. The van der Waals surface area contributed by atoms with Gasteiger partial charge in [-0.1, -0.05) is 6.07 Å². The molecule has 2 N–H and O–H groups in total. The number of carbonyl (C=O) groups excluding carboxylic acids is 1. The number of pyridine rings is 1. The minimum Gasteiger partial charge on any atom is -0.375 e. The Kier molecular flexibility index (Phi) is 5.64. The molecule has 0 saturated carbocycles. The van der Waals surface area contributed by atoms with Crippen molar-refractivity contribution >= 4 is 16.9 Å². The predicted octanol–water partition coefficient (Wildman–Crippen LogP) is 3.25. The number of benzene rings is 1. The van der Waals surface area contributed by atoms with Crippen LogP contribution in [-0.2, 0) is 28.9 Å². The zero-order valence-corrected chi connectivity index (χ0v) is 18.3. The lowest BCUT2D eigenvalue weighted by molar-refractivity contribution is -0.136. The van der Waals surface area contributed by atoms with Gasteiger partial charge in [0.15, 0.2) is 0 Å². The van der Waals surface area contributed by atoms with Crippen molar-refractivity contribution in [2.24, 2.45) is 0 Å². The summed E-state index contributed by atoms with van der Waals surface area (Å²) in [5.74, 6) is 0.0414. The lowest BCUT2D eigenvalue weighted by Gasteiger charge is -2.32. The number of H-pyrrole nitrogens is 1. The normalized spacial score (nSPS) is 18.0. The number of aromatic amines is 1. The van der Waals surface area contributed by atoms with Crippen LogP contribution < -0.4 is 5.32 Å². The van der Waals surface area contributed by atoms with Crippen molar-refractivity contribution in [1.29, 1.82) is 5.26 Å². The fourth-order valence-electron chi connectivity index (χ4n) is 5.00. The molecule has 164 valence electrons. The van der Waals surface area contributed by atoms with E-state index >= 15 is 0 Å². The van der Waals surface area contributed by atoms with Crippen LogP contribution in [0.25, 0.3) is 22.2 Å². The molecular weight excluding hydrogens is 402 g/mol. The molecule has 1 unspecified atom stereocenters. The topological polar surface area (TPSA) is 94.0 Å². The zero-order valence-electron chi connectivity index (χ0n) is 18.3. The van der Waals surface area contributed by atoms with Gasteiger partial charge in [0.05, 0.1) is 12.5 Å². The quantitative estimate of drug-likeness (QED) is 0.649. The largest absolute Gasteiger partial charge is 0.375 e. The maximum Gasteiger partial charge on any atom is 0.248 e. The average Bonchev–Trinajstić information content (AvgIpc) is 3.49. The molecule has 2 aromatic heterocycles. The van der Waals surface area contributed by atoms with E-state index in [0.29, 0.717) is 25.6 Å². The van der Waals surface area contributed by atoms with Crippen LogP contribution in [0.2, 0.25) is 0 Å². The lowest BCUT2D eigenvalue weighted by Crippen LogP contribution is -2.38. The number of nitriles is 1. The van der Waals surface area contributed by atoms with Crippen LogP contribution in [-0.4, -0.2) is 47.6 Å². The van der Waals surface area contributed by atoms with Gasteiger partial charge in [0.25, 0.3) is 0 Å². The maximum atomic E-state index is 12.5. The second-order valence-electron chi connectivity index (χ2n) is 8.62. The Morgan fingerprint density at radius 3 is 3.03 bits per heavy atom. The molecule has 3 aromatic rings. The number of aromatic nitrogens is 2. The summed E-state index contributed by atoms with van der Waals surface area (Å²) in [5.41, 5.74) is 7.83. The van der Waals surface area contributed by atoms with E-state index in [1.165, 1.54) is 16.7 Å². The number of carbonyl (C=O) groups is 1. The summed E-state index contributed by atoms with van der Waals surface area (Å²) in [6, 6.07) is 9.20. The van der Waals surface area contributed by atoms with Gasteiger partial charge in [-0.3, -0.25) is 4.79 Å². The molecule has 32 heavy (non-hydrogen) atoms. The van der Waals surface area contributed by atoms with Crippen molar-refractivity contribution in [1.82, 2.24) is 20.2 Å². The summed E-state index contributed by atoms with van der Waals surface area (Å²) in [6.07, 6.45) is 7.22. The molecule has 1 fully saturated rings. The smallest absolute Gasteiger partial charge is 0.248 e. The number of hydrogen-bond donors (Lipinski definition) is 2. The fourth-order valence-corrected chi connectivity index (χ4v) is 5.00. The van der Waals surface area contributed by atoms with Crippen LogP contribution in [0, 0.1) is 11.3 Å². The Bertz CT molecular complexity index is 1200. The van der Waals surface area contributed by atoms with Crippen molar-refractivity contribution in [2.75, 3.05) is 26.8 Å². The van der Waals surface area contributed by atoms with Crippen LogP contribution in [0.3, 0.4) is 0 Å². The molecule has 1 atom stereocenters. The zero-order chi connectivity index (χ0) is 22.1. The molecule has 0 radical (unpaired) electrons. The highest BCUT2D eigenvalue weighted by Crippen LogP contribution is 2.36. The molecule has 7 heteroatoms. The second kappa shape index (κ2) is 8.73. The molecule has 1 amide bonds. The van der Waals surface area contributed by atoms with Crippen molar-refractivity contribution in [2.45, 2.75) is 38.3 Å². The van der Waals surface area contributed by atoms with E-state index in [2.05, 4.69) is 39.6 Å². The van der Waals surface area contributed by atoms with Gasteiger partial charge in [0.2, 0.25) is 5.91 Å². The molecular formula is C25H27N5O2. The van der Waals surface area contributed by atoms with Gasteiger partial charge in [-0.2, -0.15) is 5.26 Å². The highest BCUT2D eigenvalue weighted by Gasteiger charge is 2.28. The highest BCUT2D eigenvalue weighted by atomic mass is 16.5. The van der Waals surface area contributed by atoms with Crippen LogP contribution in [0.5, 0.6) is 0 Å². The van der Waals surface area contributed by atoms with E-state index in [4.69, 9.17) is 10.00 Å². The van der Waals surface area contributed by atoms with E-state index in [0.717, 1.165) is 53.5 Å². The summed E-state index contributed by atoms with van der Waals surface area (Å²) in [6.45, 7) is 2.48. The molecule has 0 bridgehead atoms. The third-order valence-corrected chi connectivity index (χ3v) is 6.65. The van der Waals surface area contributed by atoms with Crippen molar-refractivity contribution in [3.63, 3.8) is 0 Å². The Labute approximate surface area is 187 Å². The molecule has 2 aliphatic heterocycles. The Hall–Kier alpha value is -3.21. The average molecular weight is 430 g/mol. The van der Waals surface area contributed by atoms with Crippen LogP contribution >= 0.6 is 0 Å². The highest BCUT2D eigenvalue weighted by molar-refractivity contribution is 5.85. The lowest BCUT2D eigenvalue weighted by atomic mass is 9.87. The van der Waals surface area contributed by atoms with E-state index in [1.807, 2.05) is 17.3 Å². The van der Waals surface area contributed by atoms with Crippen molar-refractivity contribution in [3.8, 4) is 17.2 Å². The predicted molar refractivity (Wildman–Crippen MR) is 122 cm³/mol. The van der Waals surface area contributed by atoms with Gasteiger partial charge in [0.1, 0.15) is 12.3 Å². The standard InChI is InChI=1S/C25H27N5O2/c1-32-15-24(31)30-8-5-16-9-18(10-21(22(16)14-30)23-3-2-7-27-23)19-11-20-17(4-6-26)12-28-25(20)29-13-19/h9-13,23,27H,2-5,7-8,14-15H2,1H3,(H,28,29). The first kappa shape index (κ1) is 20.7. The summed E-state index contributed by atoms with van der Waals surface area (Å²) in [5, 5.41) is 13.8. The van der Waals surface area contributed by atoms with Gasteiger partial charge in [-0.25, -0.2) is 4.98 Å². The van der Waals surface area contributed by atoms with Crippen molar-refractivity contribution in [3.05, 3.63) is 52.8 Å². The SMILES string of the molecule is COCC(=O)N1CCc2cc(-c3cnc4[nH]cc(CC#N)c4c3)cc(C3CCCN3)c2C1. The summed E-state index contributed by atoms with van der Waals surface area (Å²) < 4.78 is 5.07. The second-order valence-corrected chi connectivity index (χ2v) is 8.62. The molecule has 1 aromatic carbocycles. The van der Waals surface area contributed by atoms with Crippen LogP contribution in [0.4, 0.5) is 0 Å². The van der Waals surface area contributed by atoms with Gasteiger partial charge < -0.3 is 19.9 Å².